The number of benzene rings is 1. The first kappa shape index (κ1) is 16.5. The Labute approximate surface area is 152 Å². The molecule has 0 spiro atoms. The van der Waals surface area contributed by atoms with E-state index in [0.717, 1.165) is 34.8 Å². The number of aryl methyl sites for hydroxylation is 2. The molecular formula is C20H23NO3S. The number of hydrogen-bond acceptors (Lipinski definition) is 4. The summed E-state index contributed by atoms with van der Waals surface area (Å²) in [5, 5.41) is 0. The molecule has 0 saturated heterocycles. The first-order valence-corrected chi connectivity index (χ1v) is 9.78. The Morgan fingerprint density at radius 2 is 1.88 bits per heavy atom. The number of carbonyl (C=O) groups is 1. The lowest BCUT2D eigenvalue weighted by Gasteiger charge is -2.16. The second-order valence-corrected chi connectivity index (χ2v) is 7.96. The van der Waals surface area contributed by atoms with Gasteiger partial charge in [0.05, 0.1) is 4.88 Å². The van der Waals surface area contributed by atoms with Gasteiger partial charge in [-0.05, 0) is 55.0 Å². The summed E-state index contributed by atoms with van der Waals surface area (Å²) in [5.74, 6) is 1.64. The summed E-state index contributed by atoms with van der Waals surface area (Å²) in [6.45, 7) is 0.840. The van der Waals surface area contributed by atoms with Crippen LogP contribution in [0.4, 0.5) is 0 Å². The summed E-state index contributed by atoms with van der Waals surface area (Å²) in [5.41, 5.74) is 2.44. The van der Waals surface area contributed by atoms with Crippen molar-refractivity contribution in [2.75, 3.05) is 13.8 Å². The van der Waals surface area contributed by atoms with E-state index in [0.29, 0.717) is 6.54 Å². The van der Waals surface area contributed by atoms with Crippen molar-refractivity contribution in [1.82, 2.24) is 4.90 Å². The van der Waals surface area contributed by atoms with E-state index in [1.807, 2.05) is 25.2 Å². The third-order valence-electron chi connectivity index (χ3n) is 4.91. The molecule has 1 aliphatic heterocycles. The second kappa shape index (κ2) is 7.08. The minimum Gasteiger partial charge on any atom is -0.454 e. The third-order valence-corrected chi connectivity index (χ3v) is 6.14. The van der Waals surface area contributed by atoms with Crippen LogP contribution in [0.3, 0.4) is 0 Å². The Morgan fingerprint density at radius 3 is 2.76 bits per heavy atom. The van der Waals surface area contributed by atoms with Crippen LogP contribution in [0, 0.1) is 0 Å². The van der Waals surface area contributed by atoms with Gasteiger partial charge in [-0.3, -0.25) is 4.79 Å². The van der Waals surface area contributed by atoms with E-state index in [1.165, 1.54) is 36.1 Å². The first-order chi connectivity index (χ1) is 12.2. The van der Waals surface area contributed by atoms with E-state index >= 15 is 0 Å². The molecule has 132 valence electrons. The molecule has 2 heterocycles. The van der Waals surface area contributed by atoms with Crippen LogP contribution in [0.5, 0.6) is 11.5 Å². The van der Waals surface area contributed by atoms with E-state index in [2.05, 4.69) is 6.07 Å². The molecule has 4 nitrogen and oxygen atoms in total. The lowest BCUT2D eigenvalue weighted by molar-refractivity contribution is 0.0789. The maximum absolute atomic E-state index is 12.9. The monoisotopic (exact) mass is 357 g/mol. The zero-order valence-electron chi connectivity index (χ0n) is 14.5. The molecule has 4 rings (SSSR count). The lowest BCUT2D eigenvalue weighted by atomic mass is 10.00. The lowest BCUT2D eigenvalue weighted by Crippen LogP contribution is -2.25. The van der Waals surface area contributed by atoms with Gasteiger partial charge in [-0.1, -0.05) is 18.9 Å². The van der Waals surface area contributed by atoms with Crippen molar-refractivity contribution in [3.05, 3.63) is 45.1 Å². The Bertz CT molecular complexity index is 758. The highest BCUT2D eigenvalue weighted by Gasteiger charge is 2.20. The van der Waals surface area contributed by atoms with Gasteiger partial charge in [0, 0.05) is 18.5 Å². The van der Waals surface area contributed by atoms with Gasteiger partial charge in [-0.2, -0.15) is 0 Å². The largest absolute Gasteiger partial charge is 0.454 e. The van der Waals surface area contributed by atoms with Crippen molar-refractivity contribution in [3.8, 4) is 11.5 Å². The van der Waals surface area contributed by atoms with E-state index in [4.69, 9.17) is 9.47 Å². The van der Waals surface area contributed by atoms with Gasteiger partial charge in [0.1, 0.15) is 0 Å². The van der Waals surface area contributed by atoms with Crippen LogP contribution in [0.25, 0.3) is 0 Å². The SMILES string of the molecule is CN(Cc1ccc2c(c1)OCO2)C(=O)c1cc2c(s1)CCCCCC2. The molecule has 0 N–H and O–H groups in total. The van der Waals surface area contributed by atoms with Crippen molar-refractivity contribution in [3.63, 3.8) is 0 Å². The molecular weight excluding hydrogens is 334 g/mol. The standard InChI is InChI=1S/C20H23NO3S/c1-21(12-14-8-9-16-17(10-14)24-13-23-16)20(22)19-11-15-6-4-2-3-5-7-18(15)25-19/h8-11H,2-7,12-13H2,1H3. The molecule has 1 amide bonds. The number of fused-ring (bicyclic) bond motifs is 2. The zero-order chi connectivity index (χ0) is 17.2. The van der Waals surface area contributed by atoms with Crippen LogP contribution in [-0.4, -0.2) is 24.6 Å². The number of hydrogen-bond donors (Lipinski definition) is 0. The van der Waals surface area contributed by atoms with Crippen LogP contribution < -0.4 is 9.47 Å². The highest BCUT2D eigenvalue weighted by molar-refractivity contribution is 7.14. The van der Waals surface area contributed by atoms with E-state index in [1.54, 1.807) is 16.2 Å². The van der Waals surface area contributed by atoms with Crippen LogP contribution in [0.15, 0.2) is 24.3 Å². The smallest absolute Gasteiger partial charge is 0.263 e. The van der Waals surface area contributed by atoms with Crippen molar-refractivity contribution >= 4 is 17.2 Å². The van der Waals surface area contributed by atoms with Gasteiger partial charge in [0.2, 0.25) is 6.79 Å². The number of ether oxygens (including phenoxy) is 2. The third kappa shape index (κ3) is 3.52. The molecule has 0 saturated carbocycles. The average molecular weight is 357 g/mol. The summed E-state index contributed by atoms with van der Waals surface area (Å²) in [7, 11) is 1.87. The molecule has 0 fully saturated rings. The summed E-state index contributed by atoms with van der Waals surface area (Å²) in [6, 6.07) is 7.99. The van der Waals surface area contributed by atoms with E-state index in [-0.39, 0.29) is 12.7 Å². The molecule has 0 atom stereocenters. The van der Waals surface area contributed by atoms with Crippen molar-refractivity contribution < 1.29 is 14.3 Å². The molecule has 0 radical (unpaired) electrons. The summed E-state index contributed by atoms with van der Waals surface area (Å²) < 4.78 is 10.8. The summed E-state index contributed by atoms with van der Waals surface area (Å²) in [4.78, 5) is 16.9. The minimum absolute atomic E-state index is 0.106. The fourth-order valence-corrected chi connectivity index (χ4v) is 4.77. The average Bonchev–Trinajstić information content (AvgIpc) is 3.20. The number of amides is 1. The fourth-order valence-electron chi connectivity index (χ4n) is 3.52. The van der Waals surface area contributed by atoms with Crippen molar-refractivity contribution in [1.29, 1.82) is 0 Å². The Kier molecular flexibility index (Phi) is 4.66. The van der Waals surface area contributed by atoms with Crippen LogP contribution >= 0.6 is 11.3 Å². The van der Waals surface area contributed by atoms with Gasteiger partial charge in [-0.25, -0.2) is 0 Å². The highest BCUT2D eigenvalue weighted by Crippen LogP contribution is 2.33. The van der Waals surface area contributed by atoms with Gasteiger partial charge < -0.3 is 14.4 Å². The summed E-state index contributed by atoms with van der Waals surface area (Å²) in [6.07, 6.45) is 7.34. The number of nitrogens with zero attached hydrogens (tertiary/aromatic N) is 1. The van der Waals surface area contributed by atoms with Crippen molar-refractivity contribution in [2.24, 2.45) is 0 Å². The number of carbonyl (C=O) groups excluding carboxylic acids is 1. The highest BCUT2D eigenvalue weighted by atomic mass is 32.1. The molecule has 2 aliphatic rings. The second-order valence-electron chi connectivity index (χ2n) is 6.82. The first-order valence-electron chi connectivity index (χ1n) is 8.96. The normalized spacial score (nSPS) is 16.0. The molecule has 5 heteroatoms. The van der Waals surface area contributed by atoms with Gasteiger partial charge >= 0.3 is 0 Å². The fraction of sp³-hybridized carbons (Fsp3) is 0.450. The van der Waals surface area contributed by atoms with Gasteiger partial charge in [0.15, 0.2) is 11.5 Å². The van der Waals surface area contributed by atoms with Crippen LogP contribution in [0.1, 0.15) is 51.4 Å². The Morgan fingerprint density at radius 1 is 1.08 bits per heavy atom. The summed E-state index contributed by atoms with van der Waals surface area (Å²) >= 11 is 1.69. The molecule has 2 aromatic rings. The van der Waals surface area contributed by atoms with Gasteiger partial charge in [-0.15, -0.1) is 11.3 Å². The molecule has 1 aliphatic carbocycles. The predicted octanol–water partition coefficient (Wildman–Crippen LogP) is 4.41. The molecule has 1 aromatic carbocycles. The number of rotatable bonds is 3. The molecule has 1 aromatic heterocycles. The molecule has 0 unspecified atom stereocenters. The zero-order valence-corrected chi connectivity index (χ0v) is 15.4. The van der Waals surface area contributed by atoms with E-state index in [9.17, 15) is 4.79 Å². The topological polar surface area (TPSA) is 38.8 Å². The Hall–Kier alpha value is -2.01. The van der Waals surface area contributed by atoms with Crippen LogP contribution in [-0.2, 0) is 19.4 Å². The quantitative estimate of drug-likeness (QED) is 0.817. The van der Waals surface area contributed by atoms with Crippen LogP contribution in [0.2, 0.25) is 0 Å². The van der Waals surface area contributed by atoms with Gasteiger partial charge in [0.25, 0.3) is 5.91 Å². The van der Waals surface area contributed by atoms with Crippen molar-refractivity contribution in [2.45, 2.75) is 45.1 Å². The predicted molar refractivity (Wildman–Crippen MR) is 98.6 cm³/mol. The maximum Gasteiger partial charge on any atom is 0.263 e. The number of thiophene rings is 1. The molecule has 25 heavy (non-hydrogen) atoms. The minimum atomic E-state index is 0.106. The maximum atomic E-state index is 12.9. The Balaban J connectivity index is 1.47. The van der Waals surface area contributed by atoms with E-state index < -0.39 is 0 Å². The molecule has 0 bridgehead atoms.